The van der Waals surface area contributed by atoms with Crippen molar-refractivity contribution in [2.45, 2.75) is 38.7 Å². The van der Waals surface area contributed by atoms with Crippen molar-refractivity contribution >= 4 is 35.8 Å². The first-order valence-electron chi connectivity index (χ1n) is 11.3. The lowest BCUT2D eigenvalue weighted by Crippen LogP contribution is -2.54. The first-order chi connectivity index (χ1) is 14.7. The van der Waals surface area contributed by atoms with E-state index in [0.29, 0.717) is 13.1 Å². The van der Waals surface area contributed by atoms with E-state index in [9.17, 15) is 9.90 Å². The van der Waals surface area contributed by atoms with Gasteiger partial charge in [0.15, 0.2) is 5.96 Å². The normalized spacial score (nSPS) is 19.4. The number of guanidine groups is 1. The molecule has 0 aliphatic carbocycles. The van der Waals surface area contributed by atoms with Gasteiger partial charge in [-0.3, -0.25) is 19.7 Å². The van der Waals surface area contributed by atoms with Crippen LogP contribution < -0.4 is 5.32 Å². The Morgan fingerprint density at radius 3 is 2.32 bits per heavy atom. The first-order valence-corrected chi connectivity index (χ1v) is 11.3. The maximum Gasteiger partial charge on any atom is 0.236 e. The number of rotatable bonds is 6. The van der Waals surface area contributed by atoms with E-state index in [1.807, 2.05) is 24.0 Å². The number of aliphatic imine (C=N–C) groups is 1. The number of carbonyl (C=O) groups is 1. The lowest BCUT2D eigenvalue weighted by Gasteiger charge is -2.37. The minimum Gasteiger partial charge on any atom is -0.386 e. The fourth-order valence-corrected chi connectivity index (χ4v) is 4.02. The van der Waals surface area contributed by atoms with Crippen molar-refractivity contribution in [2.24, 2.45) is 4.99 Å². The van der Waals surface area contributed by atoms with Crippen LogP contribution in [0.3, 0.4) is 0 Å². The number of aromatic nitrogens is 1. The Kier molecular flexibility index (Phi) is 11.5. The van der Waals surface area contributed by atoms with Crippen molar-refractivity contribution in [2.75, 3.05) is 58.9 Å². The number of hydrogen-bond donors (Lipinski definition) is 2. The summed E-state index contributed by atoms with van der Waals surface area (Å²) in [5.74, 6) is 1.09. The highest BCUT2D eigenvalue weighted by molar-refractivity contribution is 14.0. The first kappa shape index (κ1) is 25.8. The molecule has 0 saturated carbocycles. The van der Waals surface area contributed by atoms with Crippen molar-refractivity contribution in [1.29, 1.82) is 0 Å². The van der Waals surface area contributed by atoms with Crippen molar-refractivity contribution in [3.63, 3.8) is 0 Å². The molecule has 3 rings (SSSR count). The Labute approximate surface area is 203 Å². The number of piperazine rings is 1. The molecule has 174 valence electrons. The SMILES string of the molecule is CCNC(=NCC(O)c1ccncc1)N1CCN(CC(=O)N2CCCCCC2)CC1.I. The summed E-state index contributed by atoms with van der Waals surface area (Å²) in [7, 11) is 0. The molecule has 0 bridgehead atoms. The molecule has 3 heterocycles. The standard InChI is InChI=1S/C22H36N6O2.HI/c1-2-24-22(25-17-20(29)19-7-9-23-10-8-19)28-15-13-26(14-16-28)18-21(30)27-11-5-3-4-6-12-27;/h7-10,20,29H,2-6,11-18H2,1H3,(H,24,25);1H. The van der Waals surface area contributed by atoms with Gasteiger partial charge in [-0.1, -0.05) is 12.8 Å². The third-order valence-electron chi connectivity index (χ3n) is 5.83. The van der Waals surface area contributed by atoms with E-state index in [2.05, 4.69) is 25.1 Å². The van der Waals surface area contributed by atoms with Crippen LogP contribution in [-0.4, -0.2) is 95.6 Å². The number of halogens is 1. The van der Waals surface area contributed by atoms with Crippen LogP contribution >= 0.6 is 24.0 Å². The number of likely N-dealkylation sites (tertiary alicyclic amines) is 1. The van der Waals surface area contributed by atoms with Gasteiger partial charge in [-0.05, 0) is 37.5 Å². The summed E-state index contributed by atoms with van der Waals surface area (Å²) >= 11 is 0. The minimum absolute atomic E-state index is 0. The zero-order valence-corrected chi connectivity index (χ0v) is 20.9. The van der Waals surface area contributed by atoms with Crippen LogP contribution in [0.5, 0.6) is 0 Å². The summed E-state index contributed by atoms with van der Waals surface area (Å²) in [6, 6.07) is 3.63. The maximum absolute atomic E-state index is 12.7. The van der Waals surface area contributed by atoms with Crippen molar-refractivity contribution < 1.29 is 9.90 Å². The Hall–Kier alpha value is -1.46. The zero-order valence-electron chi connectivity index (χ0n) is 18.6. The highest BCUT2D eigenvalue weighted by Gasteiger charge is 2.24. The quantitative estimate of drug-likeness (QED) is 0.323. The molecule has 1 atom stereocenters. The monoisotopic (exact) mass is 544 g/mol. The number of nitrogens with zero attached hydrogens (tertiary/aromatic N) is 5. The highest BCUT2D eigenvalue weighted by atomic mass is 127. The summed E-state index contributed by atoms with van der Waals surface area (Å²) in [6.07, 6.45) is 7.46. The molecule has 9 heteroatoms. The average molecular weight is 544 g/mol. The van der Waals surface area contributed by atoms with E-state index in [-0.39, 0.29) is 29.9 Å². The molecule has 0 radical (unpaired) electrons. The van der Waals surface area contributed by atoms with Crippen LogP contribution in [0, 0.1) is 0 Å². The molecule has 8 nitrogen and oxygen atoms in total. The van der Waals surface area contributed by atoms with Crippen LogP contribution in [0.2, 0.25) is 0 Å². The molecule has 1 unspecified atom stereocenters. The summed E-state index contributed by atoms with van der Waals surface area (Å²) < 4.78 is 0. The van der Waals surface area contributed by atoms with E-state index < -0.39 is 6.10 Å². The van der Waals surface area contributed by atoms with Crippen molar-refractivity contribution in [3.8, 4) is 0 Å². The molecule has 1 aromatic heterocycles. The Morgan fingerprint density at radius 2 is 1.71 bits per heavy atom. The van der Waals surface area contributed by atoms with Crippen LogP contribution in [0.1, 0.15) is 44.3 Å². The van der Waals surface area contributed by atoms with Crippen LogP contribution in [0.4, 0.5) is 0 Å². The number of hydrogen-bond acceptors (Lipinski definition) is 5. The van der Waals surface area contributed by atoms with E-state index in [1.54, 1.807) is 12.4 Å². The largest absolute Gasteiger partial charge is 0.386 e. The summed E-state index contributed by atoms with van der Waals surface area (Å²) in [5, 5.41) is 13.7. The number of aliphatic hydroxyl groups excluding tert-OH is 1. The molecule has 1 amide bonds. The fourth-order valence-electron chi connectivity index (χ4n) is 4.02. The van der Waals surface area contributed by atoms with Crippen LogP contribution in [0.25, 0.3) is 0 Å². The van der Waals surface area contributed by atoms with E-state index >= 15 is 0 Å². The van der Waals surface area contributed by atoms with Gasteiger partial charge >= 0.3 is 0 Å². The van der Waals surface area contributed by atoms with Gasteiger partial charge in [0.1, 0.15) is 0 Å². The third-order valence-corrected chi connectivity index (χ3v) is 5.83. The van der Waals surface area contributed by atoms with Gasteiger partial charge in [0.2, 0.25) is 5.91 Å². The number of pyridine rings is 1. The summed E-state index contributed by atoms with van der Waals surface area (Å²) in [6.45, 7) is 8.81. The second-order valence-electron chi connectivity index (χ2n) is 8.05. The van der Waals surface area contributed by atoms with Gasteiger partial charge in [-0.2, -0.15) is 0 Å². The van der Waals surface area contributed by atoms with Crippen molar-refractivity contribution in [1.82, 2.24) is 25.0 Å². The third kappa shape index (κ3) is 8.19. The van der Waals surface area contributed by atoms with Gasteiger partial charge in [0, 0.05) is 58.2 Å². The van der Waals surface area contributed by atoms with Gasteiger partial charge in [-0.15, -0.1) is 24.0 Å². The Morgan fingerprint density at radius 1 is 1.06 bits per heavy atom. The lowest BCUT2D eigenvalue weighted by molar-refractivity contribution is -0.132. The second-order valence-corrected chi connectivity index (χ2v) is 8.05. The number of carbonyl (C=O) groups excluding carboxylic acids is 1. The number of nitrogens with one attached hydrogen (secondary N) is 1. The molecule has 0 aromatic carbocycles. The molecule has 2 fully saturated rings. The predicted molar refractivity (Wildman–Crippen MR) is 134 cm³/mol. The van der Waals surface area contributed by atoms with E-state index in [0.717, 1.165) is 70.2 Å². The molecule has 2 N–H and O–H groups in total. The van der Waals surface area contributed by atoms with E-state index in [1.165, 1.54) is 12.8 Å². The molecule has 2 aliphatic heterocycles. The van der Waals surface area contributed by atoms with Gasteiger partial charge < -0.3 is 20.2 Å². The molecule has 1 aromatic rings. The Balaban J connectivity index is 0.00000341. The predicted octanol–water partition coefficient (Wildman–Crippen LogP) is 1.72. The van der Waals surface area contributed by atoms with Crippen LogP contribution in [-0.2, 0) is 4.79 Å². The molecular formula is C22H37IN6O2. The highest BCUT2D eigenvalue weighted by Crippen LogP contribution is 2.13. The van der Waals surface area contributed by atoms with Gasteiger partial charge in [-0.25, -0.2) is 0 Å². The topological polar surface area (TPSA) is 84.3 Å². The number of amides is 1. The molecule has 2 saturated heterocycles. The molecule has 31 heavy (non-hydrogen) atoms. The van der Waals surface area contributed by atoms with Crippen molar-refractivity contribution in [3.05, 3.63) is 30.1 Å². The average Bonchev–Trinajstić information content (AvgIpc) is 3.07. The molecule has 2 aliphatic rings. The number of aliphatic hydroxyl groups is 1. The maximum atomic E-state index is 12.7. The van der Waals surface area contributed by atoms with E-state index in [4.69, 9.17) is 0 Å². The van der Waals surface area contributed by atoms with Gasteiger partial charge in [0.05, 0.1) is 19.2 Å². The summed E-state index contributed by atoms with van der Waals surface area (Å²) in [5.41, 5.74) is 0.821. The minimum atomic E-state index is -0.644. The van der Waals surface area contributed by atoms with Gasteiger partial charge in [0.25, 0.3) is 0 Å². The second kappa shape index (κ2) is 13.8. The zero-order chi connectivity index (χ0) is 21.2. The van der Waals surface area contributed by atoms with Crippen LogP contribution in [0.15, 0.2) is 29.5 Å². The Bertz CT molecular complexity index is 674. The summed E-state index contributed by atoms with van der Waals surface area (Å²) in [4.78, 5) is 27.8. The molecular weight excluding hydrogens is 507 g/mol. The molecule has 0 spiro atoms. The smallest absolute Gasteiger partial charge is 0.236 e. The fraction of sp³-hybridized carbons (Fsp3) is 0.682. The lowest BCUT2D eigenvalue weighted by atomic mass is 10.1.